The minimum atomic E-state index is -0.477. The molecule has 0 saturated carbocycles. The van der Waals surface area contributed by atoms with Crippen molar-refractivity contribution in [3.8, 4) is 0 Å². The molecule has 3 aromatic heterocycles. The molecule has 2 N–H and O–H groups in total. The minimum Gasteiger partial charge on any atom is -0.461 e. The molecule has 0 aromatic carbocycles. The van der Waals surface area contributed by atoms with E-state index in [1.807, 2.05) is 28.8 Å². The molecule has 0 aliphatic carbocycles. The number of carbonyl (C=O) groups excluding carboxylic acids is 2. The second kappa shape index (κ2) is 6.04. The molecule has 3 aromatic rings. The van der Waals surface area contributed by atoms with Crippen LogP contribution in [0.3, 0.4) is 0 Å². The average Bonchev–Trinajstić information content (AvgIpc) is 3.19. The number of ether oxygens (including phenoxy) is 1. The van der Waals surface area contributed by atoms with Crippen LogP contribution >= 0.6 is 0 Å². The summed E-state index contributed by atoms with van der Waals surface area (Å²) in [4.78, 5) is 29.1. The Bertz CT molecular complexity index is 958. The molecule has 1 aliphatic heterocycles. The van der Waals surface area contributed by atoms with Gasteiger partial charge < -0.3 is 14.5 Å². The molecule has 0 radical (unpaired) electrons. The van der Waals surface area contributed by atoms with E-state index in [2.05, 4.69) is 20.5 Å². The molecule has 1 amide bonds. The number of H-pyrrole nitrogens is 1. The predicted octanol–water partition coefficient (Wildman–Crippen LogP) is 1.39. The Hall–Kier alpha value is -3.16. The molecule has 4 heterocycles. The van der Waals surface area contributed by atoms with Gasteiger partial charge in [-0.15, -0.1) is 0 Å². The molecule has 25 heavy (non-hydrogen) atoms. The van der Waals surface area contributed by atoms with E-state index in [0.29, 0.717) is 12.1 Å². The van der Waals surface area contributed by atoms with Gasteiger partial charge in [0.1, 0.15) is 11.3 Å². The van der Waals surface area contributed by atoms with Gasteiger partial charge in [0, 0.05) is 24.1 Å². The third-order valence-corrected chi connectivity index (χ3v) is 4.34. The summed E-state index contributed by atoms with van der Waals surface area (Å²) in [6.07, 6.45) is 3.71. The fraction of sp³-hybridized carbons (Fsp3) is 0.294. The van der Waals surface area contributed by atoms with Crippen molar-refractivity contribution in [3.63, 3.8) is 0 Å². The Morgan fingerprint density at radius 3 is 3.16 bits per heavy atom. The first-order valence-electron chi connectivity index (χ1n) is 8.12. The van der Waals surface area contributed by atoms with Crippen LogP contribution in [0.25, 0.3) is 5.65 Å². The van der Waals surface area contributed by atoms with Crippen molar-refractivity contribution in [2.45, 2.75) is 25.8 Å². The van der Waals surface area contributed by atoms with Crippen molar-refractivity contribution in [1.82, 2.24) is 24.9 Å². The highest BCUT2D eigenvalue weighted by atomic mass is 16.5. The molecule has 4 rings (SSSR count). The molecule has 0 bridgehead atoms. The second-order valence-electron chi connectivity index (χ2n) is 5.83. The molecular weight excluding hydrogens is 322 g/mol. The van der Waals surface area contributed by atoms with Gasteiger partial charge in [0.15, 0.2) is 0 Å². The summed E-state index contributed by atoms with van der Waals surface area (Å²) in [6, 6.07) is 5.74. The van der Waals surface area contributed by atoms with Crippen molar-refractivity contribution >= 4 is 17.5 Å². The number of nitrogens with zero attached hydrogens (tertiary/aromatic N) is 3. The van der Waals surface area contributed by atoms with Crippen LogP contribution in [0, 0.1) is 0 Å². The van der Waals surface area contributed by atoms with Crippen LogP contribution in [0.15, 0.2) is 30.6 Å². The number of rotatable bonds is 3. The van der Waals surface area contributed by atoms with E-state index in [1.165, 1.54) is 0 Å². The van der Waals surface area contributed by atoms with Crippen molar-refractivity contribution in [2.75, 3.05) is 6.61 Å². The van der Waals surface area contributed by atoms with Gasteiger partial charge in [0.25, 0.3) is 0 Å². The zero-order valence-electron chi connectivity index (χ0n) is 13.7. The SMILES string of the molecule is CCOC(=O)c1[nH]ncc1[C@H]1CC(=O)NCc2nc3ccccn3c21. The summed E-state index contributed by atoms with van der Waals surface area (Å²) in [5.41, 5.74) is 3.40. The number of aromatic amines is 1. The number of amides is 1. The van der Waals surface area contributed by atoms with Gasteiger partial charge >= 0.3 is 5.97 Å². The van der Waals surface area contributed by atoms with Crippen molar-refractivity contribution < 1.29 is 14.3 Å². The van der Waals surface area contributed by atoms with Crippen LogP contribution in [0.1, 0.15) is 46.7 Å². The van der Waals surface area contributed by atoms with E-state index in [1.54, 1.807) is 13.1 Å². The van der Waals surface area contributed by atoms with Crippen molar-refractivity contribution in [2.24, 2.45) is 0 Å². The fourth-order valence-electron chi connectivity index (χ4n) is 3.28. The van der Waals surface area contributed by atoms with Crippen LogP contribution in [-0.4, -0.2) is 38.1 Å². The number of hydrogen-bond donors (Lipinski definition) is 2. The molecular formula is C17H17N5O3. The maximum Gasteiger partial charge on any atom is 0.356 e. The minimum absolute atomic E-state index is 0.0938. The molecule has 0 fully saturated rings. The Kier molecular flexibility index (Phi) is 3.72. The van der Waals surface area contributed by atoms with Crippen LogP contribution in [-0.2, 0) is 16.1 Å². The number of esters is 1. The van der Waals surface area contributed by atoms with E-state index in [4.69, 9.17) is 4.74 Å². The Balaban J connectivity index is 1.89. The topological polar surface area (TPSA) is 101 Å². The zero-order chi connectivity index (χ0) is 17.4. The average molecular weight is 339 g/mol. The highest BCUT2D eigenvalue weighted by Crippen LogP contribution is 2.34. The number of hydrogen-bond acceptors (Lipinski definition) is 5. The third kappa shape index (κ3) is 2.55. The van der Waals surface area contributed by atoms with Crippen LogP contribution in [0.4, 0.5) is 0 Å². The second-order valence-corrected chi connectivity index (χ2v) is 5.83. The molecule has 128 valence electrons. The van der Waals surface area contributed by atoms with Gasteiger partial charge in [-0.25, -0.2) is 9.78 Å². The highest BCUT2D eigenvalue weighted by Gasteiger charge is 2.32. The first kappa shape index (κ1) is 15.4. The fourth-order valence-corrected chi connectivity index (χ4v) is 3.28. The summed E-state index contributed by atoms with van der Waals surface area (Å²) in [5, 5.41) is 9.58. The van der Waals surface area contributed by atoms with E-state index < -0.39 is 5.97 Å². The summed E-state index contributed by atoms with van der Waals surface area (Å²) in [5.74, 6) is -0.910. The van der Waals surface area contributed by atoms with Gasteiger partial charge in [-0.1, -0.05) is 6.07 Å². The number of imidazole rings is 1. The molecule has 0 unspecified atom stereocenters. The first-order valence-corrected chi connectivity index (χ1v) is 8.12. The number of pyridine rings is 1. The zero-order valence-corrected chi connectivity index (χ0v) is 13.7. The normalized spacial score (nSPS) is 17.0. The summed E-state index contributed by atoms with van der Waals surface area (Å²) < 4.78 is 7.06. The summed E-state index contributed by atoms with van der Waals surface area (Å²) in [7, 11) is 0. The molecule has 8 nitrogen and oxygen atoms in total. The van der Waals surface area contributed by atoms with E-state index in [9.17, 15) is 9.59 Å². The van der Waals surface area contributed by atoms with E-state index in [-0.39, 0.29) is 30.5 Å². The smallest absolute Gasteiger partial charge is 0.356 e. The molecule has 1 aliphatic rings. The Morgan fingerprint density at radius 2 is 2.32 bits per heavy atom. The quantitative estimate of drug-likeness (QED) is 0.702. The lowest BCUT2D eigenvalue weighted by Crippen LogP contribution is -2.22. The lowest BCUT2D eigenvalue weighted by Gasteiger charge is -2.15. The van der Waals surface area contributed by atoms with Gasteiger partial charge in [0.2, 0.25) is 5.91 Å². The first-order chi connectivity index (χ1) is 12.2. The van der Waals surface area contributed by atoms with E-state index in [0.717, 1.165) is 17.0 Å². The van der Waals surface area contributed by atoms with Crippen LogP contribution in [0.2, 0.25) is 0 Å². The van der Waals surface area contributed by atoms with Gasteiger partial charge in [-0.3, -0.25) is 9.89 Å². The maximum atomic E-state index is 12.2. The maximum absolute atomic E-state index is 12.2. The standard InChI is InChI=1S/C17H17N5O3/c1-2-25-17(24)15-11(8-19-21-15)10-7-14(23)18-9-12-16(10)22-6-4-3-5-13(22)20-12/h3-6,8,10H,2,7,9H2,1H3,(H,18,23)(H,19,21)/t10-/m1/s1. The number of nitrogens with one attached hydrogen (secondary N) is 2. The van der Waals surface area contributed by atoms with Gasteiger partial charge in [-0.2, -0.15) is 5.10 Å². The van der Waals surface area contributed by atoms with Crippen molar-refractivity contribution in [3.05, 3.63) is 53.2 Å². The monoisotopic (exact) mass is 339 g/mol. The number of carbonyl (C=O) groups is 2. The Morgan fingerprint density at radius 1 is 1.44 bits per heavy atom. The van der Waals surface area contributed by atoms with Crippen molar-refractivity contribution in [1.29, 1.82) is 0 Å². The van der Waals surface area contributed by atoms with E-state index >= 15 is 0 Å². The molecule has 8 heteroatoms. The molecule has 0 spiro atoms. The van der Waals surface area contributed by atoms with Crippen LogP contribution in [0.5, 0.6) is 0 Å². The predicted molar refractivity (Wildman–Crippen MR) is 88.0 cm³/mol. The number of aromatic nitrogens is 4. The number of fused-ring (bicyclic) bond motifs is 3. The highest BCUT2D eigenvalue weighted by molar-refractivity contribution is 5.90. The van der Waals surface area contributed by atoms with Crippen LogP contribution < -0.4 is 5.32 Å². The largest absolute Gasteiger partial charge is 0.461 e. The third-order valence-electron chi connectivity index (χ3n) is 4.34. The lowest BCUT2D eigenvalue weighted by molar-refractivity contribution is -0.121. The molecule has 1 atom stereocenters. The summed E-state index contributed by atoms with van der Waals surface area (Å²) >= 11 is 0. The molecule has 0 saturated heterocycles. The van der Waals surface area contributed by atoms with Gasteiger partial charge in [-0.05, 0) is 19.1 Å². The lowest BCUT2D eigenvalue weighted by atomic mass is 9.92. The summed E-state index contributed by atoms with van der Waals surface area (Å²) in [6.45, 7) is 2.37. The van der Waals surface area contributed by atoms with Gasteiger partial charge in [0.05, 0.1) is 30.7 Å². The Labute approximate surface area is 143 Å².